The Kier molecular flexibility index (Phi) is 9.74. The van der Waals surface area contributed by atoms with Crippen LogP contribution in [0.4, 0.5) is 0 Å². The fourth-order valence-electron chi connectivity index (χ4n) is 3.48. The summed E-state index contributed by atoms with van der Waals surface area (Å²) in [4.78, 5) is 48.4. The minimum absolute atomic E-state index is 0.0221. The van der Waals surface area contributed by atoms with Crippen molar-refractivity contribution in [2.24, 2.45) is 0 Å². The quantitative estimate of drug-likeness (QED) is 0.287. The van der Waals surface area contributed by atoms with Gasteiger partial charge in [0.1, 0.15) is 23.4 Å². The summed E-state index contributed by atoms with van der Waals surface area (Å²) in [5, 5.41) is 8.90. The summed E-state index contributed by atoms with van der Waals surface area (Å²) in [5.74, 6) is -2.14. The van der Waals surface area contributed by atoms with Crippen molar-refractivity contribution in [1.29, 1.82) is 0 Å². The second-order valence-corrected chi connectivity index (χ2v) is 8.46. The number of rotatable bonds is 10. The van der Waals surface area contributed by atoms with Crippen LogP contribution in [0.2, 0.25) is 0 Å². The van der Waals surface area contributed by atoms with Crippen molar-refractivity contribution in [3.8, 4) is 17.2 Å². The smallest absolute Gasteiger partial charge is 0.343 e. The van der Waals surface area contributed by atoms with Crippen LogP contribution in [0.15, 0.2) is 72.8 Å². The van der Waals surface area contributed by atoms with Crippen LogP contribution >= 0.6 is 0 Å². The SMILES string of the molecule is C=C(CO)C(=O)Oc1ccc(C(=O)Oc2ccc(OC(=O)C(=C)CC(=O)OC3CCCCC3)cc2)cc1. The fourth-order valence-corrected chi connectivity index (χ4v) is 3.48. The lowest BCUT2D eigenvalue weighted by Gasteiger charge is -2.21. The minimum Gasteiger partial charge on any atom is -0.462 e. The number of benzene rings is 2. The van der Waals surface area contributed by atoms with Gasteiger partial charge in [-0.2, -0.15) is 0 Å². The van der Waals surface area contributed by atoms with Crippen LogP contribution in [0.1, 0.15) is 48.9 Å². The molecule has 1 fully saturated rings. The first kappa shape index (κ1) is 27.3. The zero-order valence-corrected chi connectivity index (χ0v) is 20.3. The first-order valence-electron chi connectivity index (χ1n) is 11.8. The summed E-state index contributed by atoms with van der Waals surface area (Å²) in [6.07, 6.45) is 4.51. The topological polar surface area (TPSA) is 125 Å². The molecule has 2 aromatic rings. The lowest BCUT2D eigenvalue weighted by Crippen LogP contribution is -2.22. The molecule has 0 saturated heterocycles. The summed E-state index contributed by atoms with van der Waals surface area (Å²) in [6, 6.07) is 11.4. The van der Waals surface area contributed by atoms with Crippen molar-refractivity contribution in [3.05, 3.63) is 78.4 Å². The Morgan fingerprint density at radius 3 is 1.76 bits per heavy atom. The van der Waals surface area contributed by atoms with E-state index in [0.29, 0.717) is 0 Å². The average Bonchev–Trinajstić information content (AvgIpc) is 2.90. The highest BCUT2D eigenvalue weighted by Gasteiger charge is 2.21. The van der Waals surface area contributed by atoms with E-state index < -0.39 is 30.5 Å². The molecule has 1 aliphatic carbocycles. The number of carbonyl (C=O) groups excluding carboxylic acids is 4. The van der Waals surface area contributed by atoms with E-state index >= 15 is 0 Å². The van der Waals surface area contributed by atoms with Gasteiger partial charge in [-0.25, -0.2) is 14.4 Å². The molecule has 3 rings (SSSR count). The third-order valence-electron chi connectivity index (χ3n) is 5.52. The Morgan fingerprint density at radius 1 is 0.730 bits per heavy atom. The molecule has 1 aliphatic rings. The van der Waals surface area contributed by atoms with Crippen LogP contribution in [0.25, 0.3) is 0 Å². The van der Waals surface area contributed by atoms with Crippen molar-refractivity contribution >= 4 is 23.9 Å². The van der Waals surface area contributed by atoms with Gasteiger partial charge < -0.3 is 24.1 Å². The standard InChI is InChI=1S/C28H28O9/c1-18(16-25(30)34-21-6-4-3-5-7-21)26(31)35-23-12-14-24(15-13-23)37-28(33)20-8-10-22(11-9-20)36-27(32)19(2)17-29/h8-15,21,29H,1-7,16-17H2. The fraction of sp³-hybridized carbons (Fsp3) is 0.286. The molecule has 9 heteroatoms. The monoisotopic (exact) mass is 508 g/mol. The molecule has 2 aromatic carbocycles. The van der Waals surface area contributed by atoms with Crippen LogP contribution in [0, 0.1) is 0 Å². The molecule has 0 amide bonds. The van der Waals surface area contributed by atoms with Gasteiger partial charge in [-0.1, -0.05) is 19.6 Å². The molecule has 0 atom stereocenters. The lowest BCUT2D eigenvalue weighted by molar-refractivity contribution is -0.150. The maximum absolute atomic E-state index is 12.4. The number of esters is 4. The van der Waals surface area contributed by atoms with Gasteiger partial charge in [-0.05, 0) is 74.2 Å². The van der Waals surface area contributed by atoms with Gasteiger partial charge in [0.05, 0.1) is 24.2 Å². The highest BCUT2D eigenvalue weighted by molar-refractivity contribution is 5.94. The third kappa shape index (κ3) is 8.43. The molecule has 0 unspecified atom stereocenters. The number of hydrogen-bond acceptors (Lipinski definition) is 9. The first-order chi connectivity index (χ1) is 17.7. The second-order valence-electron chi connectivity index (χ2n) is 8.46. The molecule has 1 saturated carbocycles. The molecular formula is C28H28O9. The Labute approximate surface area is 214 Å². The van der Waals surface area contributed by atoms with Gasteiger partial charge in [0, 0.05) is 5.57 Å². The second kappa shape index (κ2) is 13.2. The molecule has 0 aromatic heterocycles. The van der Waals surface area contributed by atoms with E-state index in [1.165, 1.54) is 48.5 Å². The molecule has 0 aliphatic heterocycles. The third-order valence-corrected chi connectivity index (χ3v) is 5.52. The van der Waals surface area contributed by atoms with Gasteiger partial charge in [-0.3, -0.25) is 4.79 Å². The Bertz CT molecular complexity index is 1160. The Hall–Kier alpha value is -4.24. The summed E-state index contributed by atoms with van der Waals surface area (Å²) >= 11 is 0. The molecular weight excluding hydrogens is 480 g/mol. The molecule has 0 bridgehead atoms. The number of ether oxygens (including phenoxy) is 4. The predicted molar refractivity (Wildman–Crippen MR) is 132 cm³/mol. The van der Waals surface area contributed by atoms with Crippen molar-refractivity contribution in [2.45, 2.75) is 44.6 Å². The van der Waals surface area contributed by atoms with Gasteiger partial charge >= 0.3 is 23.9 Å². The first-order valence-corrected chi connectivity index (χ1v) is 11.8. The highest BCUT2D eigenvalue weighted by atomic mass is 16.6. The summed E-state index contributed by atoms with van der Waals surface area (Å²) in [5.41, 5.74) is 0.0814. The van der Waals surface area contributed by atoms with E-state index in [-0.39, 0.29) is 46.5 Å². The largest absolute Gasteiger partial charge is 0.462 e. The van der Waals surface area contributed by atoms with E-state index in [1.807, 2.05) is 0 Å². The van der Waals surface area contributed by atoms with Crippen LogP contribution in [-0.4, -0.2) is 41.7 Å². The lowest BCUT2D eigenvalue weighted by atomic mass is 9.98. The van der Waals surface area contributed by atoms with Crippen molar-refractivity contribution in [1.82, 2.24) is 0 Å². The van der Waals surface area contributed by atoms with E-state index in [1.54, 1.807) is 0 Å². The number of aliphatic hydroxyl groups is 1. The van der Waals surface area contributed by atoms with E-state index in [4.69, 9.17) is 24.1 Å². The van der Waals surface area contributed by atoms with E-state index in [9.17, 15) is 19.2 Å². The molecule has 9 nitrogen and oxygen atoms in total. The maximum Gasteiger partial charge on any atom is 0.343 e. The van der Waals surface area contributed by atoms with Gasteiger partial charge in [0.15, 0.2) is 0 Å². The highest BCUT2D eigenvalue weighted by Crippen LogP contribution is 2.23. The number of carbonyl (C=O) groups is 4. The zero-order valence-electron chi connectivity index (χ0n) is 20.3. The van der Waals surface area contributed by atoms with Crippen LogP contribution < -0.4 is 14.2 Å². The van der Waals surface area contributed by atoms with Crippen LogP contribution in [0.3, 0.4) is 0 Å². The van der Waals surface area contributed by atoms with Crippen molar-refractivity contribution in [2.75, 3.05) is 6.61 Å². The minimum atomic E-state index is -0.776. The molecule has 1 N–H and O–H groups in total. The molecule has 0 spiro atoms. The molecule has 194 valence electrons. The van der Waals surface area contributed by atoms with Crippen molar-refractivity contribution < 1.29 is 43.2 Å². The zero-order chi connectivity index (χ0) is 26.8. The summed E-state index contributed by atoms with van der Waals surface area (Å²) in [6.45, 7) is 6.47. The predicted octanol–water partition coefficient (Wildman–Crippen LogP) is 4.09. The molecule has 37 heavy (non-hydrogen) atoms. The van der Waals surface area contributed by atoms with E-state index in [2.05, 4.69) is 13.2 Å². The summed E-state index contributed by atoms with van der Waals surface area (Å²) in [7, 11) is 0. The number of aliphatic hydroxyl groups excluding tert-OH is 1. The average molecular weight is 509 g/mol. The molecule has 0 radical (unpaired) electrons. The summed E-state index contributed by atoms with van der Waals surface area (Å²) < 4.78 is 20.9. The molecule has 0 heterocycles. The normalized spacial score (nSPS) is 13.2. The van der Waals surface area contributed by atoms with E-state index in [0.717, 1.165) is 32.1 Å². The van der Waals surface area contributed by atoms with Gasteiger partial charge in [0.2, 0.25) is 0 Å². The number of hydrogen-bond donors (Lipinski definition) is 1. The van der Waals surface area contributed by atoms with Gasteiger partial charge in [0.25, 0.3) is 0 Å². The van der Waals surface area contributed by atoms with Crippen molar-refractivity contribution in [3.63, 3.8) is 0 Å². The van der Waals surface area contributed by atoms with Crippen LogP contribution in [0.5, 0.6) is 17.2 Å². The maximum atomic E-state index is 12.4. The Balaban J connectivity index is 1.47. The van der Waals surface area contributed by atoms with Crippen LogP contribution in [-0.2, 0) is 19.1 Å². The van der Waals surface area contributed by atoms with Gasteiger partial charge in [-0.15, -0.1) is 0 Å². The Morgan fingerprint density at radius 2 is 1.22 bits per heavy atom.